The van der Waals surface area contributed by atoms with Crippen LogP contribution in [0.5, 0.6) is 0 Å². The number of benzene rings is 1. The lowest BCUT2D eigenvalue weighted by molar-refractivity contribution is 0.210. The highest BCUT2D eigenvalue weighted by atomic mass is 16.5. The zero-order chi connectivity index (χ0) is 19.1. The Hall–Kier alpha value is -3.65. The molecule has 8 nitrogen and oxygen atoms in total. The molecule has 0 spiro atoms. The van der Waals surface area contributed by atoms with Gasteiger partial charge in [0.2, 0.25) is 0 Å². The highest BCUT2D eigenvalue weighted by Crippen LogP contribution is 2.33. The largest absolute Gasteiger partial charge is 0.383 e. The number of aromatic amines is 3. The van der Waals surface area contributed by atoms with Crippen molar-refractivity contribution in [2.24, 2.45) is 0 Å². The first-order chi connectivity index (χ1) is 13.7. The zero-order valence-corrected chi connectivity index (χ0v) is 15.2. The van der Waals surface area contributed by atoms with E-state index in [9.17, 15) is 4.79 Å². The summed E-state index contributed by atoms with van der Waals surface area (Å²) in [6.07, 6.45) is 3.55. The van der Waals surface area contributed by atoms with Crippen LogP contribution in [0.1, 0.15) is 0 Å². The van der Waals surface area contributed by atoms with Crippen molar-refractivity contribution in [2.75, 3.05) is 25.6 Å². The summed E-state index contributed by atoms with van der Waals surface area (Å²) in [6.45, 7) is 1.27. The van der Waals surface area contributed by atoms with Gasteiger partial charge >= 0.3 is 0 Å². The molecule has 140 valence electrons. The van der Waals surface area contributed by atoms with Gasteiger partial charge in [-0.2, -0.15) is 5.10 Å². The second kappa shape index (κ2) is 6.50. The lowest BCUT2D eigenvalue weighted by atomic mass is 10.0. The van der Waals surface area contributed by atoms with Crippen LogP contribution in [0, 0.1) is 0 Å². The third-order valence-corrected chi connectivity index (χ3v) is 4.88. The van der Waals surface area contributed by atoms with Crippen molar-refractivity contribution in [1.29, 1.82) is 0 Å². The number of anilines is 1. The van der Waals surface area contributed by atoms with Crippen molar-refractivity contribution in [1.82, 2.24) is 25.1 Å². The number of rotatable bonds is 5. The average molecular weight is 374 g/mol. The van der Waals surface area contributed by atoms with Gasteiger partial charge in [-0.05, 0) is 29.3 Å². The average Bonchev–Trinajstić information content (AvgIpc) is 3.32. The van der Waals surface area contributed by atoms with Crippen LogP contribution in [0.3, 0.4) is 0 Å². The molecule has 5 aromatic rings. The standard InChI is InChI=1S/C20H18N6O2/c1-28-7-6-21-17-9-14(13-4-5-22-19(13)25-17)11-2-3-12-15-10-23-26-20(27)18(15)24-16(12)8-11/h2-5,8-10,24H,6-7H2,1H3,(H,26,27)(H2,21,22,25). The summed E-state index contributed by atoms with van der Waals surface area (Å²) in [4.78, 5) is 23.0. The lowest BCUT2D eigenvalue weighted by Gasteiger charge is -2.09. The maximum atomic E-state index is 12.0. The minimum Gasteiger partial charge on any atom is -0.383 e. The van der Waals surface area contributed by atoms with Gasteiger partial charge in [-0.1, -0.05) is 12.1 Å². The monoisotopic (exact) mass is 374 g/mol. The molecule has 4 aromatic heterocycles. The Balaban J connectivity index is 1.67. The van der Waals surface area contributed by atoms with Gasteiger partial charge in [-0.3, -0.25) is 4.79 Å². The summed E-state index contributed by atoms with van der Waals surface area (Å²) in [7, 11) is 1.67. The number of aromatic nitrogens is 5. The molecule has 5 rings (SSSR count). The molecule has 4 heterocycles. The molecule has 0 saturated carbocycles. The number of ether oxygens (including phenoxy) is 1. The first-order valence-electron chi connectivity index (χ1n) is 8.95. The molecule has 0 atom stereocenters. The number of nitrogens with zero attached hydrogens (tertiary/aromatic N) is 2. The zero-order valence-electron chi connectivity index (χ0n) is 15.2. The Morgan fingerprint density at radius 3 is 2.96 bits per heavy atom. The van der Waals surface area contributed by atoms with E-state index in [1.54, 1.807) is 13.3 Å². The van der Waals surface area contributed by atoms with Crippen molar-refractivity contribution < 1.29 is 4.74 Å². The molecule has 28 heavy (non-hydrogen) atoms. The summed E-state index contributed by atoms with van der Waals surface area (Å²) in [6, 6.07) is 10.2. The fraction of sp³-hybridized carbons (Fsp3) is 0.150. The molecule has 0 fully saturated rings. The highest BCUT2D eigenvalue weighted by molar-refractivity contribution is 6.08. The van der Waals surface area contributed by atoms with Gasteiger partial charge in [-0.25, -0.2) is 10.1 Å². The van der Waals surface area contributed by atoms with Crippen molar-refractivity contribution >= 4 is 38.7 Å². The lowest BCUT2D eigenvalue weighted by Crippen LogP contribution is -2.08. The molecule has 1 aromatic carbocycles. The molecule has 0 aliphatic rings. The van der Waals surface area contributed by atoms with Crippen LogP contribution in [-0.4, -0.2) is 45.4 Å². The second-order valence-electron chi connectivity index (χ2n) is 6.59. The van der Waals surface area contributed by atoms with Gasteiger partial charge < -0.3 is 20.0 Å². The number of hydrogen-bond donors (Lipinski definition) is 4. The predicted octanol–water partition coefficient (Wildman–Crippen LogP) is 3.01. The minimum absolute atomic E-state index is 0.225. The fourth-order valence-electron chi connectivity index (χ4n) is 3.56. The van der Waals surface area contributed by atoms with Crippen LogP contribution in [0.4, 0.5) is 5.82 Å². The molecule has 0 bridgehead atoms. The van der Waals surface area contributed by atoms with E-state index in [1.807, 2.05) is 24.4 Å². The van der Waals surface area contributed by atoms with Crippen molar-refractivity contribution in [3.8, 4) is 11.1 Å². The van der Waals surface area contributed by atoms with E-state index < -0.39 is 0 Å². The second-order valence-corrected chi connectivity index (χ2v) is 6.59. The normalized spacial score (nSPS) is 11.6. The molecular weight excluding hydrogens is 356 g/mol. The third-order valence-electron chi connectivity index (χ3n) is 4.88. The number of fused-ring (bicyclic) bond motifs is 4. The van der Waals surface area contributed by atoms with Gasteiger partial charge in [-0.15, -0.1) is 0 Å². The Bertz CT molecular complexity index is 1360. The molecule has 0 amide bonds. The van der Waals surface area contributed by atoms with Gasteiger partial charge in [0.15, 0.2) is 0 Å². The van der Waals surface area contributed by atoms with E-state index in [-0.39, 0.29) is 5.56 Å². The summed E-state index contributed by atoms with van der Waals surface area (Å²) in [5.74, 6) is 0.777. The van der Waals surface area contributed by atoms with Crippen LogP contribution in [0.25, 0.3) is 44.0 Å². The minimum atomic E-state index is -0.225. The van der Waals surface area contributed by atoms with Crippen LogP contribution in [0.2, 0.25) is 0 Å². The predicted molar refractivity (Wildman–Crippen MR) is 110 cm³/mol. The van der Waals surface area contributed by atoms with Crippen LogP contribution < -0.4 is 10.9 Å². The van der Waals surface area contributed by atoms with Crippen molar-refractivity contribution in [3.63, 3.8) is 0 Å². The molecule has 4 N–H and O–H groups in total. The van der Waals surface area contributed by atoms with Crippen LogP contribution >= 0.6 is 0 Å². The molecule has 0 unspecified atom stereocenters. The van der Waals surface area contributed by atoms with Crippen molar-refractivity contribution in [2.45, 2.75) is 0 Å². The Kier molecular flexibility index (Phi) is 3.84. The number of H-pyrrole nitrogens is 3. The number of nitrogens with one attached hydrogen (secondary N) is 4. The van der Waals surface area contributed by atoms with E-state index in [0.29, 0.717) is 18.7 Å². The Labute approximate surface area is 158 Å². The van der Waals surface area contributed by atoms with Crippen LogP contribution in [-0.2, 0) is 4.74 Å². The van der Waals surface area contributed by atoms with E-state index in [2.05, 4.69) is 42.6 Å². The third kappa shape index (κ3) is 2.62. The maximum Gasteiger partial charge on any atom is 0.288 e. The van der Waals surface area contributed by atoms with Gasteiger partial charge in [0, 0.05) is 41.5 Å². The van der Waals surface area contributed by atoms with Crippen LogP contribution in [0.15, 0.2) is 47.5 Å². The van der Waals surface area contributed by atoms with E-state index in [1.165, 1.54) is 0 Å². The molecular formula is C20H18N6O2. The van der Waals surface area contributed by atoms with E-state index in [0.717, 1.165) is 44.3 Å². The quantitative estimate of drug-likeness (QED) is 0.353. The maximum absolute atomic E-state index is 12.0. The van der Waals surface area contributed by atoms with E-state index >= 15 is 0 Å². The summed E-state index contributed by atoms with van der Waals surface area (Å²) in [5, 5.41) is 12.5. The molecule has 0 aliphatic carbocycles. The van der Waals surface area contributed by atoms with Gasteiger partial charge in [0.25, 0.3) is 5.56 Å². The smallest absolute Gasteiger partial charge is 0.288 e. The van der Waals surface area contributed by atoms with Gasteiger partial charge in [0.1, 0.15) is 17.0 Å². The highest BCUT2D eigenvalue weighted by Gasteiger charge is 2.12. The Morgan fingerprint density at radius 1 is 1.14 bits per heavy atom. The summed E-state index contributed by atoms with van der Waals surface area (Å²) < 4.78 is 5.10. The number of hydrogen-bond acceptors (Lipinski definition) is 5. The SMILES string of the molecule is COCCNc1cc(-c2ccc3c(c2)[nH]c2c(=O)[nH]ncc23)c2cc[nH]c2n1. The van der Waals surface area contributed by atoms with E-state index in [4.69, 9.17) is 4.74 Å². The first kappa shape index (κ1) is 16.5. The summed E-state index contributed by atoms with van der Waals surface area (Å²) in [5.41, 5.74) is 4.10. The molecule has 0 aliphatic heterocycles. The van der Waals surface area contributed by atoms with Gasteiger partial charge in [0.05, 0.1) is 12.8 Å². The summed E-state index contributed by atoms with van der Waals surface area (Å²) >= 11 is 0. The topological polar surface area (TPSA) is 111 Å². The van der Waals surface area contributed by atoms with Crippen molar-refractivity contribution in [3.05, 3.63) is 53.1 Å². The number of methoxy groups -OCH3 is 1. The fourth-order valence-corrected chi connectivity index (χ4v) is 3.56. The molecule has 0 saturated heterocycles. The number of pyridine rings is 1. The first-order valence-corrected chi connectivity index (χ1v) is 8.95. The molecule has 0 radical (unpaired) electrons. The molecule has 8 heteroatoms. The Morgan fingerprint density at radius 2 is 2.07 bits per heavy atom.